The molecule has 1 aromatic carbocycles. The average Bonchev–Trinajstić information content (AvgIpc) is 2.96. The number of hydrogen-bond donors (Lipinski definition) is 1. The topological polar surface area (TPSA) is 58.6 Å². The molecule has 0 aliphatic carbocycles. The van der Waals surface area contributed by atoms with Crippen LogP contribution in [-0.2, 0) is 9.59 Å². The number of halogens is 3. The molecule has 24 heavy (non-hydrogen) atoms. The predicted octanol–water partition coefficient (Wildman–Crippen LogP) is 2.97. The van der Waals surface area contributed by atoms with Crippen molar-refractivity contribution in [1.29, 1.82) is 0 Å². The van der Waals surface area contributed by atoms with Crippen molar-refractivity contribution in [3.8, 4) is 5.75 Å². The van der Waals surface area contributed by atoms with Crippen LogP contribution in [0.15, 0.2) is 24.3 Å². The summed E-state index contributed by atoms with van der Waals surface area (Å²) in [4.78, 5) is 24.4. The van der Waals surface area contributed by atoms with Crippen LogP contribution in [0.1, 0.15) is 26.7 Å². The minimum absolute atomic E-state index is 0.0828. The van der Waals surface area contributed by atoms with E-state index in [-0.39, 0.29) is 19.1 Å². The fourth-order valence-electron chi connectivity index (χ4n) is 2.59. The van der Waals surface area contributed by atoms with E-state index >= 15 is 0 Å². The fourth-order valence-corrected chi connectivity index (χ4v) is 2.59. The van der Waals surface area contributed by atoms with E-state index in [0.717, 1.165) is 0 Å². The molecule has 1 aliphatic rings. The first-order valence-electron chi connectivity index (χ1n) is 7.64. The first-order valence-corrected chi connectivity index (χ1v) is 7.64. The van der Waals surface area contributed by atoms with Crippen LogP contribution in [0.25, 0.3) is 0 Å². The number of anilines is 1. The van der Waals surface area contributed by atoms with Gasteiger partial charge in [0.15, 0.2) is 0 Å². The summed E-state index contributed by atoms with van der Waals surface area (Å²) >= 11 is 0. The van der Waals surface area contributed by atoms with Crippen molar-refractivity contribution in [1.82, 2.24) is 4.90 Å². The molecule has 1 aliphatic heterocycles. The Hall–Kier alpha value is -2.25. The highest BCUT2D eigenvalue weighted by Crippen LogP contribution is 2.29. The summed E-state index contributed by atoms with van der Waals surface area (Å²) in [5.74, 6) is -2.20. The number of ether oxygens (including phenoxy) is 1. The summed E-state index contributed by atoms with van der Waals surface area (Å²) in [7, 11) is 0. The molecule has 0 bridgehead atoms. The molecule has 1 heterocycles. The quantitative estimate of drug-likeness (QED) is 0.914. The van der Waals surface area contributed by atoms with E-state index in [9.17, 15) is 22.8 Å². The number of carbonyl (C=O) groups excluding carboxylic acids is 2. The molecular weight excluding hydrogens is 325 g/mol. The van der Waals surface area contributed by atoms with Gasteiger partial charge in [0.2, 0.25) is 5.91 Å². The average molecular weight is 344 g/mol. The third-order valence-corrected chi connectivity index (χ3v) is 3.57. The number of para-hydroxylation sites is 2. The maximum absolute atomic E-state index is 12.6. The molecule has 0 spiro atoms. The van der Waals surface area contributed by atoms with Crippen LogP contribution in [0, 0.1) is 0 Å². The van der Waals surface area contributed by atoms with E-state index in [0.29, 0.717) is 22.8 Å². The molecule has 1 saturated heterocycles. The molecule has 0 saturated carbocycles. The van der Waals surface area contributed by atoms with E-state index in [4.69, 9.17) is 4.74 Å². The molecule has 0 aromatic heterocycles. The zero-order valence-electron chi connectivity index (χ0n) is 13.4. The van der Waals surface area contributed by atoms with Crippen LogP contribution < -0.4 is 10.1 Å². The van der Waals surface area contributed by atoms with E-state index in [1.54, 1.807) is 24.3 Å². The van der Waals surface area contributed by atoms with Gasteiger partial charge in [-0.05, 0) is 38.8 Å². The number of carbonyl (C=O) groups is 2. The van der Waals surface area contributed by atoms with Gasteiger partial charge in [0.05, 0.1) is 11.8 Å². The van der Waals surface area contributed by atoms with Gasteiger partial charge < -0.3 is 15.0 Å². The molecule has 1 N–H and O–H groups in total. The molecule has 1 aromatic rings. The summed E-state index contributed by atoms with van der Waals surface area (Å²) in [6, 6.07) is 5.52. The monoisotopic (exact) mass is 344 g/mol. The number of benzene rings is 1. The number of nitrogens with zero attached hydrogens (tertiary/aromatic N) is 1. The molecule has 2 amide bonds. The second-order valence-corrected chi connectivity index (χ2v) is 5.81. The number of rotatable bonds is 4. The zero-order valence-corrected chi connectivity index (χ0v) is 13.4. The first-order chi connectivity index (χ1) is 11.2. The largest absolute Gasteiger partial charge is 0.489 e. The van der Waals surface area contributed by atoms with Gasteiger partial charge in [-0.25, -0.2) is 0 Å². The Morgan fingerprint density at radius 3 is 2.58 bits per heavy atom. The Bertz CT molecular complexity index is 617. The van der Waals surface area contributed by atoms with Gasteiger partial charge in [0.25, 0.3) is 0 Å². The van der Waals surface area contributed by atoms with Crippen LogP contribution in [0.5, 0.6) is 5.75 Å². The minimum Gasteiger partial charge on any atom is -0.489 e. The van der Waals surface area contributed by atoms with Gasteiger partial charge in [-0.1, -0.05) is 12.1 Å². The molecule has 2 rings (SSSR count). The highest BCUT2D eigenvalue weighted by atomic mass is 19.4. The zero-order chi connectivity index (χ0) is 17.9. The van der Waals surface area contributed by atoms with Crippen LogP contribution in [-0.4, -0.2) is 41.6 Å². The SMILES string of the molecule is CC(C)Oc1ccccc1NC(=O)C1CCCN1C(=O)C(F)(F)F. The van der Waals surface area contributed by atoms with Gasteiger partial charge in [0.1, 0.15) is 11.8 Å². The normalized spacial score (nSPS) is 17.9. The highest BCUT2D eigenvalue weighted by Gasteiger charge is 2.47. The van der Waals surface area contributed by atoms with Gasteiger partial charge in [-0.2, -0.15) is 13.2 Å². The van der Waals surface area contributed by atoms with Gasteiger partial charge >= 0.3 is 12.1 Å². The molecule has 1 atom stereocenters. The van der Waals surface area contributed by atoms with E-state index in [1.165, 1.54) is 0 Å². The van der Waals surface area contributed by atoms with Crippen molar-refractivity contribution in [2.75, 3.05) is 11.9 Å². The molecule has 0 radical (unpaired) electrons. The third kappa shape index (κ3) is 4.18. The third-order valence-electron chi connectivity index (χ3n) is 3.57. The van der Waals surface area contributed by atoms with Crippen molar-refractivity contribution in [2.45, 2.75) is 45.0 Å². The molecule has 1 fully saturated rings. The molecule has 5 nitrogen and oxygen atoms in total. The van der Waals surface area contributed by atoms with Crippen LogP contribution >= 0.6 is 0 Å². The van der Waals surface area contributed by atoms with Gasteiger partial charge in [-0.3, -0.25) is 9.59 Å². The Morgan fingerprint density at radius 2 is 1.96 bits per heavy atom. The van der Waals surface area contributed by atoms with Crippen molar-refractivity contribution < 1.29 is 27.5 Å². The Morgan fingerprint density at radius 1 is 1.29 bits per heavy atom. The fraction of sp³-hybridized carbons (Fsp3) is 0.500. The summed E-state index contributed by atoms with van der Waals surface area (Å²) in [6.45, 7) is 3.55. The summed E-state index contributed by atoms with van der Waals surface area (Å²) in [5, 5.41) is 2.57. The number of amides is 2. The smallest absolute Gasteiger partial charge is 0.471 e. The van der Waals surface area contributed by atoms with Crippen LogP contribution in [0.3, 0.4) is 0 Å². The first kappa shape index (κ1) is 18.1. The van der Waals surface area contributed by atoms with Gasteiger partial charge in [-0.15, -0.1) is 0 Å². The molecule has 132 valence electrons. The number of alkyl halides is 3. The molecule has 8 heteroatoms. The highest BCUT2D eigenvalue weighted by molar-refractivity contribution is 5.99. The van der Waals surface area contributed by atoms with Crippen molar-refractivity contribution >= 4 is 17.5 Å². The Kier molecular flexibility index (Phi) is 5.36. The van der Waals surface area contributed by atoms with Crippen molar-refractivity contribution in [3.63, 3.8) is 0 Å². The lowest BCUT2D eigenvalue weighted by Crippen LogP contribution is -2.48. The summed E-state index contributed by atoms with van der Waals surface area (Å²) in [5.41, 5.74) is 0.363. The van der Waals surface area contributed by atoms with Gasteiger partial charge in [0, 0.05) is 6.54 Å². The maximum atomic E-state index is 12.6. The van der Waals surface area contributed by atoms with Crippen LogP contribution in [0.2, 0.25) is 0 Å². The minimum atomic E-state index is -4.98. The van der Waals surface area contributed by atoms with E-state index in [1.807, 2.05) is 13.8 Å². The lowest BCUT2D eigenvalue weighted by molar-refractivity contribution is -0.186. The predicted molar refractivity (Wildman–Crippen MR) is 81.6 cm³/mol. The maximum Gasteiger partial charge on any atom is 0.471 e. The number of nitrogens with one attached hydrogen (secondary N) is 1. The second-order valence-electron chi connectivity index (χ2n) is 5.81. The Labute approximate surface area is 137 Å². The van der Waals surface area contributed by atoms with Crippen LogP contribution in [0.4, 0.5) is 18.9 Å². The second kappa shape index (κ2) is 7.11. The molecular formula is C16H19F3N2O3. The lowest BCUT2D eigenvalue weighted by Gasteiger charge is -2.25. The number of likely N-dealkylation sites (tertiary alicyclic amines) is 1. The number of hydrogen-bond acceptors (Lipinski definition) is 3. The van der Waals surface area contributed by atoms with Crippen molar-refractivity contribution in [3.05, 3.63) is 24.3 Å². The summed E-state index contributed by atoms with van der Waals surface area (Å²) in [6.07, 6.45) is -4.57. The lowest BCUT2D eigenvalue weighted by atomic mass is 10.2. The van der Waals surface area contributed by atoms with Crippen molar-refractivity contribution in [2.24, 2.45) is 0 Å². The van der Waals surface area contributed by atoms with E-state index in [2.05, 4.69) is 5.32 Å². The van der Waals surface area contributed by atoms with E-state index < -0.39 is 24.0 Å². The summed E-state index contributed by atoms with van der Waals surface area (Å²) < 4.78 is 43.5. The Balaban J connectivity index is 2.14. The molecule has 1 unspecified atom stereocenters. The standard InChI is InChI=1S/C16H19F3N2O3/c1-10(2)24-13-8-4-3-6-11(13)20-14(22)12-7-5-9-21(12)15(23)16(17,18)19/h3-4,6,8,10,12H,5,7,9H2,1-2H3,(H,20,22).